The van der Waals surface area contributed by atoms with Gasteiger partial charge in [0, 0.05) is 6.61 Å². The van der Waals surface area contributed by atoms with E-state index in [1.807, 2.05) is 0 Å². The van der Waals surface area contributed by atoms with Crippen molar-refractivity contribution in [3.05, 3.63) is 0 Å². The Morgan fingerprint density at radius 3 is 1.40 bits per heavy atom. The number of alkyl halides is 9. The highest BCUT2D eigenvalue weighted by Crippen LogP contribution is 2.36. The molecule has 0 spiro atoms. The molecule has 0 bridgehead atoms. The summed E-state index contributed by atoms with van der Waals surface area (Å²) in [6, 6.07) is 0. The molecule has 0 aliphatic carbocycles. The van der Waals surface area contributed by atoms with Crippen LogP contribution in [-0.2, 0) is 14.4 Å². The lowest BCUT2D eigenvalue weighted by Gasteiger charge is -2.26. The van der Waals surface area contributed by atoms with E-state index in [-0.39, 0.29) is 18.0 Å². The predicted molar refractivity (Wildman–Crippen MR) is 65.1 cm³/mol. The molecule has 0 rings (SSSR count). The molecule has 0 saturated carbocycles. The van der Waals surface area contributed by atoms with Crippen molar-refractivity contribution in [2.24, 2.45) is 0 Å². The molecule has 0 aromatic rings. The molecule has 0 aliphatic rings. The van der Waals surface area contributed by atoms with Crippen LogP contribution in [0, 0.1) is 0 Å². The van der Waals surface area contributed by atoms with E-state index in [1.165, 1.54) is 6.92 Å². The average molecular weight is 408 g/mol. The van der Waals surface area contributed by atoms with E-state index >= 15 is 0 Å². The van der Waals surface area contributed by atoms with Gasteiger partial charge in [-0.3, -0.25) is 13.8 Å². The molecule has 0 amide bonds. The Hall–Kier alpha value is -0.890. The molecule has 158 valence electrons. The number of hydrogen-bond donors (Lipinski definition) is 0. The quantitative estimate of drug-likeness (QED) is 0.429. The average Bonchev–Trinajstić information content (AvgIpc) is 2.35. The summed E-state index contributed by atoms with van der Waals surface area (Å²) < 4.78 is 123. The van der Waals surface area contributed by atoms with E-state index < -0.39 is 37.8 Å². The van der Waals surface area contributed by atoms with Gasteiger partial charge >= 0.3 is 18.5 Å². The summed E-state index contributed by atoms with van der Waals surface area (Å²) in [7, 11) is 0. The molecule has 0 saturated heterocycles. The summed E-state index contributed by atoms with van der Waals surface area (Å²) >= 11 is 0. The molecule has 1 unspecified atom stereocenters. The summed E-state index contributed by atoms with van der Waals surface area (Å²) in [6.45, 7) is 3.34. The summed E-state index contributed by atoms with van der Waals surface area (Å²) in [4.78, 5) is 3.04. The Balaban J connectivity index is -0.000000235. The third-order valence-corrected chi connectivity index (χ3v) is 1.38. The molecule has 0 N–H and O–H groups in total. The first-order valence-corrected chi connectivity index (χ1v) is 6.30. The van der Waals surface area contributed by atoms with Gasteiger partial charge in [0.2, 0.25) is 0 Å². The summed E-state index contributed by atoms with van der Waals surface area (Å²) in [6.07, 6.45) is -21.9. The topological polar surface area (TPSA) is 27.7 Å². The standard InChI is InChI=1S/C7H8F8O2.C2H5FO.C2H5F.FH/c1-2-16-4(7(13,14)15)17-6(11,12)3-5(8,9)10;1-2-4-3;1-2-3;/h4H,2-3H2,1H3;2H2,1H3;2H2,1H3;1H. The first-order chi connectivity index (χ1) is 10.7. The molecule has 0 fully saturated rings. The van der Waals surface area contributed by atoms with Crippen molar-refractivity contribution in [2.75, 3.05) is 19.9 Å². The number of rotatable bonds is 6. The van der Waals surface area contributed by atoms with Crippen LogP contribution in [0.4, 0.5) is 48.7 Å². The smallest absolute Gasteiger partial charge is 0.345 e. The zero-order chi connectivity index (χ0) is 20.0. The monoisotopic (exact) mass is 408 g/mol. The second-order valence-corrected chi connectivity index (χ2v) is 3.54. The summed E-state index contributed by atoms with van der Waals surface area (Å²) in [5, 5.41) is 0. The van der Waals surface area contributed by atoms with E-state index in [0.717, 1.165) is 6.92 Å². The van der Waals surface area contributed by atoms with Gasteiger partial charge in [-0.05, 0) is 25.3 Å². The van der Waals surface area contributed by atoms with Crippen molar-refractivity contribution in [3.8, 4) is 0 Å². The Kier molecular flexibility index (Phi) is 19.6. The van der Waals surface area contributed by atoms with Crippen LogP contribution in [0.1, 0.15) is 27.2 Å². The fraction of sp³-hybridized carbons (Fsp3) is 1.00. The SMILES string of the molecule is CCF.CCOC(OC(F)(F)CC(F)(F)F)C(F)(F)F.CCOF.F. The first-order valence-electron chi connectivity index (χ1n) is 6.30. The van der Waals surface area contributed by atoms with Gasteiger partial charge < -0.3 is 4.74 Å². The van der Waals surface area contributed by atoms with Crippen molar-refractivity contribution in [2.45, 2.75) is 51.9 Å². The highest BCUT2D eigenvalue weighted by molar-refractivity contribution is 4.65. The van der Waals surface area contributed by atoms with Gasteiger partial charge in [0.15, 0.2) is 0 Å². The molecule has 0 aliphatic heterocycles. The summed E-state index contributed by atoms with van der Waals surface area (Å²) in [5.41, 5.74) is 0. The second-order valence-electron chi connectivity index (χ2n) is 3.54. The Labute approximate surface area is 136 Å². The maximum atomic E-state index is 12.5. The molecule has 1 atom stereocenters. The van der Waals surface area contributed by atoms with E-state index in [2.05, 4.69) is 14.4 Å². The fourth-order valence-electron chi connectivity index (χ4n) is 0.778. The number of ether oxygens (including phenoxy) is 2. The van der Waals surface area contributed by atoms with Crippen LogP contribution < -0.4 is 0 Å². The molecule has 25 heavy (non-hydrogen) atoms. The molecule has 3 nitrogen and oxygen atoms in total. The first kappa shape index (κ1) is 31.8. The molecule has 0 heterocycles. The Bertz CT molecular complexity index is 279. The van der Waals surface area contributed by atoms with E-state index in [0.29, 0.717) is 0 Å². The lowest BCUT2D eigenvalue weighted by Crippen LogP contribution is -2.42. The zero-order valence-corrected chi connectivity index (χ0v) is 13.3. The maximum Gasteiger partial charge on any atom is 0.440 e. The largest absolute Gasteiger partial charge is 0.440 e. The number of halogens is 11. The minimum atomic E-state index is -5.36. The Morgan fingerprint density at radius 2 is 1.20 bits per heavy atom. The van der Waals surface area contributed by atoms with Crippen LogP contribution in [-0.4, -0.2) is 44.6 Å². The van der Waals surface area contributed by atoms with Crippen LogP contribution >= 0.6 is 0 Å². The van der Waals surface area contributed by atoms with Gasteiger partial charge in [0.1, 0.15) is 6.42 Å². The van der Waals surface area contributed by atoms with Crippen LogP contribution in [0.2, 0.25) is 0 Å². The molecular weight excluding hydrogens is 389 g/mol. The van der Waals surface area contributed by atoms with Crippen molar-refractivity contribution in [1.29, 1.82) is 0 Å². The minimum absolute atomic E-state index is 0. The summed E-state index contributed by atoms with van der Waals surface area (Å²) in [5.74, 6) is 0. The second kappa shape index (κ2) is 15.4. The van der Waals surface area contributed by atoms with Crippen LogP contribution in [0.15, 0.2) is 0 Å². The molecule has 0 radical (unpaired) electrons. The predicted octanol–water partition coefficient (Wildman–Crippen LogP) is 5.51. The molecule has 0 aromatic heterocycles. The normalized spacial score (nSPS) is 12.8. The molecule has 14 heteroatoms. The molecular formula is C11H19F11O3. The van der Waals surface area contributed by atoms with Gasteiger partial charge in [-0.1, -0.05) is 0 Å². The van der Waals surface area contributed by atoms with Crippen LogP contribution in [0.25, 0.3) is 0 Å². The lowest BCUT2D eigenvalue weighted by molar-refractivity contribution is -0.400. The van der Waals surface area contributed by atoms with Crippen LogP contribution in [0.5, 0.6) is 0 Å². The van der Waals surface area contributed by atoms with Crippen LogP contribution in [0.3, 0.4) is 0 Å². The van der Waals surface area contributed by atoms with Gasteiger partial charge in [0.25, 0.3) is 6.29 Å². The van der Waals surface area contributed by atoms with Crippen molar-refractivity contribution in [1.82, 2.24) is 0 Å². The Morgan fingerprint density at radius 1 is 0.840 bits per heavy atom. The third kappa shape index (κ3) is 25.5. The zero-order valence-electron chi connectivity index (χ0n) is 13.3. The number of hydrogen-bond acceptors (Lipinski definition) is 3. The van der Waals surface area contributed by atoms with E-state index in [9.17, 15) is 44.0 Å². The van der Waals surface area contributed by atoms with Gasteiger partial charge in [-0.15, -0.1) is 0 Å². The van der Waals surface area contributed by atoms with Crippen molar-refractivity contribution >= 4 is 0 Å². The molecule has 0 aromatic carbocycles. The highest BCUT2D eigenvalue weighted by Gasteiger charge is 2.52. The van der Waals surface area contributed by atoms with Gasteiger partial charge in [-0.25, -0.2) is 0 Å². The van der Waals surface area contributed by atoms with Gasteiger partial charge in [-0.2, -0.15) is 40.1 Å². The van der Waals surface area contributed by atoms with Crippen molar-refractivity contribution in [3.63, 3.8) is 0 Å². The highest BCUT2D eigenvalue weighted by atomic mass is 19.4. The van der Waals surface area contributed by atoms with E-state index in [4.69, 9.17) is 0 Å². The van der Waals surface area contributed by atoms with Gasteiger partial charge in [0.05, 0.1) is 13.3 Å². The van der Waals surface area contributed by atoms with Crippen molar-refractivity contribution < 1.29 is 63.2 Å². The third-order valence-electron chi connectivity index (χ3n) is 1.38. The van der Waals surface area contributed by atoms with E-state index in [1.54, 1.807) is 6.92 Å². The minimum Gasteiger partial charge on any atom is -0.345 e. The fourth-order valence-corrected chi connectivity index (χ4v) is 0.778. The maximum absolute atomic E-state index is 12.5. The lowest BCUT2D eigenvalue weighted by atomic mass is 10.4.